The second-order valence-corrected chi connectivity index (χ2v) is 4.93. The third-order valence-electron chi connectivity index (χ3n) is 3.54. The highest BCUT2D eigenvalue weighted by Gasteiger charge is 2.17. The van der Waals surface area contributed by atoms with Gasteiger partial charge in [-0.2, -0.15) is 0 Å². The van der Waals surface area contributed by atoms with E-state index < -0.39 is 0 Å². The highest BCUT2D eigenvalue weighted by molar-refractivity contribution is 5.73. The number of nitrogens with zero attached hydrogens (tertiary/aromatic N) is 1. The summed E-state index contributed by atoms with van der Waals surface area (Å²) in [6.45, 7) is 3.84. The normalized spacial score (nSPS) is 10.4. The molecule has 3 nitrogen and oxygen atoms in total. The third kappa shape index (κ3) is 2.66. The molecule has 0 N–H and O–H groups in total. The van der Waals surface area contributed by atoms with Crippen LogP contribution in [0.3, 0.4) is 0 Å². The van der Waals surface area contributed by atoms with E-state index in [-0.39, 0.29) is 0 Å². The first kappa shape index (κ1) is 14.1. The van der Waals surface area contributed by atoms with E-state index >= 15 is 0 Å². The second kappa shape index (κ2) is 6.31. The van der Waals surface area contributed by atoms with Crippen LogP contribution in [-0.4, -0.2) is 12.3 Å². The van der Waals surface area contributed by atoms with Gasteiger partial charge in [0, 0.05) is 16.7 Å². The highest BCUT2D eigenvalue weighted by Crippen LogP contribution is 2.33. The number of ether oxygens (including phenoxy) is 1. The van der Waals surface area contributed by atoms with Crippen LogP contribution in [0.15, 0.2) is 71.8 Å². The van der Waals surface area contributed by atoms with Crippen LogP contribution in [0, 0.1) is 0 Å². The average molecular weight is 291 g/mol. The molecule has 110 valence electrons. The summed E-state index contributed by atoms with van der Waals surface area (Å²) in [5, 5.41) is 4.27. The molecule has 22 heavy (non-hydrogen) atoms. The molecule has 0 fully saturated rings. The van der Waals surface area contributed by atoms with Gasteiger partial charge in [-0.1, -0.05) is 41.6 Å². The summed E-state index contributed by atoms with van der Waals surface area (Å²) in [6.07, 6.45) is 2.57. The van der Waals surface area contributed by atoms with Crippen molar-refractivity contribution in [1.29, 1.82) is 0 Å². The summed E-state index contributed by atoms with van der Waals surface area (Å²) in [4.78, 5) is 0. The highest BCUT2D eigenvalue weighted by atomic mass is 16.5. The van der Waals surface area contributed by atoms with E-state index in [1.807, 2.05) is 60.7 Å². The lowest BCUT2D eigenvalue weighted by molar-refractivity contribution is 0.415. The molecule has 3 rings (SSSR count). The van der Waals surface area contributed by atoms with Crippen LogP contribution in [0.25, 0.3) is 22.6 Å². The van der Waals surface area contributed by atoms with E-state index in [9.17, 15) is 0 Å². The molecule has 0 saturated carbocycles. The van der Waals surface area contributed by atoms with Gasteiger partial charge in [0.2, 0.25) is 0 Å². The lowest BCUT2D eigenvalue weighted by Crippen LogP contribution is -1.88. The SMILES string of the molecule is C=CCc1c(-c2ccc(OC)cc2)noc1-c1ccccc1. The van der Waals surface area contributed by atoms with Crippen LogP contribution in [0.1, 0.15) is 5.56 Å². The summed E-state index contributed by atoms with van der Waals surface area (Å²) >= 11 is 0. The van der Waals surface area contributed by atoms with Crippen LogP contribution >= 0.6 is 0 Å². The summed E-state index contributed by atoms with van der Waals surface area (Å²) in [5.41, 5.74) is 3.92. The van der Waals surface area contributed by atoms with E-state index in [1.165, 1.54) is 0 Å². The first-order valence-electron chi connectivity index (χ1n) is 7.12. The summed E-state index contributed by atoms with van der Waals surface area (Å²) in [5.74, 6) is 1.62. The molecule has 0 amide bonds. The lowest BCUT2D eigenvalue weighted by Gasteiger charge is -2.03. The van der Waals surface area contributed by atoms with Crippen molar-refractivity contribution < 1.29 is 9.26 Å². The molecule has 0 radical (unpaired) electrons. The molecule has 0 atom stereocenters. The van der Waals surface area contributed by atoms with Crippen molar-refractivity contribution in [2.45, 2.75) is 6.42 Å². The van der Waals surface area contributed by atoms with Gasteiger partial charge in [0.15, 0.2) is 5.76 Å². The Morgan fingerprint density at radius 1 is 1.05 bits per heavy atom. The Morgan fingerprint density at radius 2 is 1.77 bits per heavy atom. The van der Waals surface area contributed by atoms with Crippen molar-refractivity contribution in [1.82, 2.24) is 5.16 Å². The fraction of sp³-hybridized carbons (Fsp3) is 0.105. The Kier molecular flexibility index (Phi) is 4.05. The number of rotatable bonds is 5. The van der Waals surface area contributed by atoms with Crippen molar-refractivity contribution in [3.8, 4) is 28.3 Å². The molecule has 0 spiro atoms. The van der Waals surface area contributed by atoms with Crippen LogP contribution in [0.2, 0.25) is 0 Å². The summed E-state index contributed by atoms with van der Waals surface area (Å²) < 4.78 is 10.8. The predicted octanol–water partition coefficient (Wildman–Crippen LogP) is 4.75. The molecule has 0 saturated heterocycles. The van der Waals surface area contributed by atoms with Crippen LogP contribution in [-0.2, 0) is 6.42 Å². The molecule has 0 aliphatic rings. The molecule has 3 aromatic rings. The Bertz CT molecular complexity index is 758. The maximum Gasteiger partial charge on any atom is 0.170 e. The molecule has 1 heterocycles. The van der Waals surface area contributed by atoms with Gasteiger partial charge in [0.1, 0.15) is 11.4 Å². The van der Waals surface area contributed by atoms with Crippen LogP contribution in [0.5, 0.6) is 5.75 Å². The van der Waals surface area contributed by atoms with E-state index in [0.29, 0.717) is 6.42 Å². The number of allylic oxidation sites excluding steroid dienone is 1. The van der Waals surface area contributed by atoms with E-state index in [0.717, 1.165) is 33.9 Å². The zero-order chi connectivity index (χ0) is 15.4. The molecule has 3 heteroatoms. The molecular weight excluding hydrogens is 274 g/mol. The van der Waals surface area contributed by atoms with Gasteiger partial charge < -0.3 is 9.26 Å². The Balaban J connectivity index is 2.08. The van der Waals surface area contributed by atoms with Gasteiger partial charge in [0.05, 0.1) is 7.11 Å². The molecule has 0 unspecified atom stereocenters. The van der Waals surface area contributed by atoms with E-state index in [1.54, 1.807) is 7.11 Å². The topological polar surface area (TPSA) is 35.3 Å². The summed E-state index contributed by atoms with van der Waals surface area (Å²) in [7, 11) is 1.65. The lowest BCUT2D eigenvalue weighted by atomic mass is 10.00. The number of benzene rings is 2. The predicted molar refractivity (Wildman–Crippen MR) is 87.8 cm³/mol. The minimum absolute atomic E-state index is 0.703. The van der Waals surface area contributed by atoms with Crippen molar-refractivity contribution in [3.05, 3.63) is 72.8 Å². The number of hydrogen-bond acceptors (Lipinski definition) is 3. The zero-order valence-corrected chi connectivity index (χ0v) is 12.5. The van der Waals surface area contributed by atoms with Crippen molar-refractivity contribution >= 4 is 0 Å². The molecule has 1 aromatic heterocycles. The number of hydrogen-bond donors (Lipinski definition) is 0. The standard InChI is InChI=1S/C19H17NO2/c1-3-7-17-18(14-10-12-16(21-2)13-11-14)20-22-19(17)15-8-5-4-6-9-15/h3-6,8-13H,1,7H2,2H3. The van der Waals surface area contributed by atoms with Crippen LogP contribution < -0.4 is 4.74 Å². The van der Waals surface area contributed by atoms with Gasteiger partial charge in [-0.05, 0) is 30.7 Å². The Labute approximate surface area is 129 Å². The van der Waals surface area contributed by atoms with E-state index in [4.69, 9.17) is 9.26 Å². The van der Waals surface area contributed by atoms with Gasteiger partial charge in [-0.25, -0.2) is 0 Å². The number of aromatic nitrogens is 1. The molecule has 0 aliphatic carbocycles. The molecule has 0 aliphatic heterocycles. The van der Waals surface area contributed by atoms with Crippen LogP contribution in [0.4, 0.5) is 0 Å². The minimum atomic E-state index is 0.703. The minimum Gasteiger partial charge on any atom is -0.497 e. The maximum atomic E-state index is 5.62. The molecular formula is C19H17NO2. The van der Waals surface area contributed by atoms with Gasteiger partial charge in [-0.15, -0.1) is 6.58 Å². The monoisotopic (exact) mass is 291 g/mol. The maximum absolute atomic E-state index is 5.62. The molecule has 2 aromatic carbocycles. The second-order valence-electron chi connectivity index (χ2n) is 4.93. The zero-order valence-electron chi connectivity index (χ0n) is 12.5. The Morgan fingerprint density at radius 3 is 2.41 bits per heavy atom. The summed E-state index contributed by atoms with van der Waals surface area (Å²) in [6, 6.07) is 17.8. The van der Waals surface area contributed by atoms with Crippen molar-refractivity contribution in [3.63, 3.8) is 0 Å². The fourth-order valence-electron chi connectivity index (χ4n) is 2.44. The third-order valence-corrected chi connectivity index (χ3v) is 3.54. The smallest absolute Gasteiger partial charge is 0.170 e. The van der Waals surface area contributed by atoms with Crippen molar-refractivity contribution in [2.24, 2.45) is 0 Å². The average Bonchev–Trinajstić information content (AvgIpc) is 3.00. The number of methoxy groups -OCH3 is 1. The van der Waals surface area contributed by atoms with Gasteiger partial charge in [-0.3, -0.25) is 0 Å². The quantitative estimate of drug-likeness (QED) is 0.636. The molecule has 0 bridgehead atoms. The van der Waals surface area contributed by atoms with Gasteiger partial charge in [0.25, 0.3) is 0 Å². The largest absolute Gasteiger partial charge is 0.497 e. The van der Waals surface area contributed by atoms with Crippen molar-refractivity contribution in [2.75, 3.05) is 7.11 Å². The first-order chi connectivity index (χ1) is 10.8. The Hall–Kier alpha value is -2.81. The van der Waals surface area contributed by atoms with Gasteiger partial charge >= 0.3 is 0 Å². The first-order valence-corrected chi connectivity index (χ1v) is 7.12. The van der Waals surface area contributed by atoms with E-state index in [2.05, 4.69) is 11.7 Å². The fourth-order valence-corrected chi connectivity index (χ4v) is 2.44.